The molecule has 1 N–H and O–H groups in total. The van der Waals surface area contributed by atoms with Crippen LogP contribution in [0.15, 0.2) is 6.07 Å². The van der Waals surface area contributed by atoms with E-state index in [1.54, 1.807) is 0 Å². The van der Waals surface area contributed by atoms with Crippen molar-refractivity contribution in [3.63, 3.8) is 0 Å². The Morgan fingerprint density at radius 3 is 2.47 bits per heavy atom. The monoisotopic (exact) mass is 219 g/mol. The fourth-order valence-electron chi connectivity index (χ4n) is 1.17. The van der Waals surface area contributed by atoms with Crippen LogP contribution in [0.4, 0.5) is 8.78 Å². The fraction of sp³-hybridized carbons (Fsp3) is 0.444. The van der Waals surface area contributed by atoms with Gasteiger partial charge in [-0.25, -0.2) is 13.8 Å². The molecule has 0 aromatic carbocycles. The largest absolute Gasteiger partial charge is 0.496 e. The normalized spacial score (nSPS) is 10.5. The van der Waals surface area contributed by atoms with Crippen molar-refractivity contribution in [2.75, 3.05) is 14.2 Å². The van der Waals surface area contributed by atoms with Crippen LogP contribution in [0.2, 0.25) is 0 Å². The average molecular weight is 219 g/mol. The zero-order valence-corrected chi connectivity index (χ0v) is 8.33. The number of alkyl halides is 2. The molecule has 0 saturated carbocycles. The second-order valence-corrected chi connectivity index (χ2v) is 2.69. The van der Waals surface area contributed by atoms with Gasteiger partial charge in [-0.15, -0.1) is 0 Å². The summed E-state index contributed by atoms with van der Waals surface area (Å²) in [5, 5.41) is 8.95. The first-order chi connectivity index (χ1) is 7.13. The minimum Gasteiger partial charge on any atom is -0.496 e. The summed E-state index contributed by atoms with van der Waals surface area (Å²) in [6.07, 6.45) is -2.78. The van der Waals surface area contributed by atoms with Crippen LogP contribution in [0.25, 0.3) is 0 Å². The number of hydrogen-bond donors (Lipinski definition) is 1. The number of rotatable bonds is 4. The van der Waals surface area contributed by atoms with Crippen molar-refractivity contribution in [1.29, 1.82) is 0 Å². The molecule has 0 bridgehead atoms. The third-order valence-electron chi connectivity index (χ3n) is 1.89. The third kappa shape index (κ3) is 2.33. The van der Waals surface area contributed by atoms with Crippen LogP contribution in [0.1, 0.15) is 17.7 Å². The highest BCUT2D eigenvalue weighted by Crippen LogP contribution is 2.31. The van der Waals surface area contributed by atoms with Gasteiger partial charge in [0, 0.05) is 11.6 Å². The summed E-state index contributed by atoms with van der Waals surface area (Å²) in [6.45, 7) is -0.556. The summed E-state index contributed by atoms with van der Waals surface area (Å²) in [4.78, 5) is 3.56. The van der Waals surface area contributed by atoms with E-state index < -0.39 is 18.7 Å². The van der Waals surface area contributed by atoms with E-state index in [1.165, 1.54) is 20.3 Å². The number of methoxy groups -OCH3 is 2. The van der Waals surface area contributed by atoms with Crippen molar-refractivity contribution >= 4 is 0 Å². The Kier molecular flexibility index (Phi) is 3.79. The molecule has 0 unspecified atom stereocenters. The van der Waals surface area contributed by atoms with Gasteiger partial charge in [0.1, 0.15) is 11.4 Å². The van der Waals surface area contributed by atoms with Gasteiger partial charge in [-0.3, -0.25) is 0 Å². The van der Waals surface area contributed by atoms with Crippen molar-refractivity contribution in [3.8, 4) is 11.6 Å². The standard InChI is InChI=1S/C9H11F2NO3/c1-14-6-3-7(15-2)12-8(9(10)11)5(6)4-13/h3,9,13H,4H2,1-2H3. The topological polar surface area (TPSA) is 51.6 Å². The molecule has 0 aliphatic rings. The lowest BCUT2D eigenvalue weighted by atomic mass is 10.2. The number of aliphatic hydroxyl groups is 1. The van der Waals surface area contributed by atoms with Crippen molar-refractivity contribution in [3.05, 3.63) is 17.3 Å². The maximum atomic E-state index is 12.6. The highest BCUT2D eigenvalue weighted by molar-refractivity contribution is 5.40. The molecular formula is C9H11F2NO3. The summed E-state index contributed by atoms with van der Waals surface area (Å²) < 4.78 is 34.7. The summed E-state index contributed by atoms with van der Waals surface area (Å²) >= 11 is 0. The lowest BCUT2D eigenvalue weighted by Gasteiger charge is -2.12. The number of hydrogen-bond acceptors (Lipinski definition) is 4. The van der Waals surface area contributed by atoms with E-state index in [0.29, 0.717) is 0 Å². The molecule has 84 valence electrons. The van der Waals surface area contributed by atoms with Crippen molar-refractivity contribution in [1.82, 2.24) is 4.98 Å². The molecule has 1 rings (SSSR count). The molecular weight excluding hydrogens is 208 g/mol. The molecule has 0 saturated heterocycles. The molecule has 1 heterocycles. The van der Waals surface area contributed by atoms with Gasteiger partial charge in [-0.05, 0) is 0 Å². The number of pyridine rings is 1. The lowest BCUT2D eigenvalue weighted by molar-refractivity contribution is 0.139. The summed E-state index contributed by atoms with van der Waals surface area (Å²) in [7, 11) is 2.64. The second kappa shape index (κ2) is 4.88. The van der Waals surface area contributed by atoms with Gasteiger partial charge >= 0.3 is 0 Å². The number of aromatic nitrogens is 1. The molecule has 15 heavy (non-hydrogen) atoms. The Morgan fingerprint density at radius 1 is 1.40 bits per heavy atom. The Morgan fingerprint density at radius 2 is 2.07 bits per heavy atom. The van der Waals surface area contributed by atoms with Crippen LogP contribution < -0.4 is 9.47 Å². The average Bonchev–Trinajstić information content (AvgIpc) is 2.26. The van der Waals surface area contributed by atoms with Crippen LogP contribution in [-0.4, -0.2) is 24.3 Å². The molecule has 1 aromatic rings. The molecule has 1 aromatic heterocycles. The highest BCUT2D eigenvalue weighted by Gasteiger charge is 2.20. The lowest BCUT2D eigenvalue weighted by Crippen LogP contribution is -2.04. The van der Waals surface area contributed by atoms with Crippen LogP contribution in [0, 0.1) is 0 Å². The van der Waals surface area contributed by atoms with Crippen LogP contribution >= 0.6 is 0 Å². The number of halogens is 2. The summed E-state index contributed by atoms with van der Waals surface area (Å²) in [5.74, 6) is 0.166. The molecule has 4 nitrogen and oxygen atoms in total. The van der Waals surface area contributed by atoms with Crippen LogP contribution in [0.3, 0.4) is 0 Å². The Bertz CT molecular complexity index is 344. The Labute approximate surface area is 85.5 Å². The zero-order chi connectivity index (χ0) is 11.4. The highest BCUT2D eigenvalue weighted by atomic mass is 19.3. The summed E-state index contributed by atoms with van der Waals surface area (Å²) in [5.41, 5.74) is -0.540. The van der Waals surface area contributed by atoms with E-state index in [1.807, 2.05) is 0 Å². The maximum absolute atomic E-state index is 12.6. The third-order valence-corrected chi connectivity index (χ3v) is 1.89. The number of nitrogens with zero attached hydrogens (tertiary/aromatic N) is 1. The first-order valence-corrected chi connectivity index (χ1v) is 4.14. The van der Waals surface area contributed by atoms with E-state index in [9.17, 15) is 8.78 Å². The van der Waals surface area contributed by atoms with E-state index in [4.69, 9.17) is 14.6 Å². The van der Waals surface area contributed by atoms with Gasteiger partial charge in [-0.1, -0.05) is 0 Å². The molecule has 0 amide bonds. The number of ether oxygens (including phenoxy) is 2. The molecule has 0 radical (unpaired) electrons. The van der Waals surface area contributed by atoms with E-state index in [0.717, 1.165) is 0 Å². The molecule has 0 fully saturated rings. The van der Waals surface area contributed by atoms with Gasteiger partial charge in [0.05, 0.1) is 20.8 Å². The molecule has 0 atom stereocenters. The van der Waals surface area contributed by atoms with Gasteiger partial charge < -0.3 is 14.6 Å². The van der Waals surface area contributed by atoms with Gasteiger partial charge in [0.25, 0.3) is 6.43 Å². The number of aliphatic hydroxyl groups excluding tert-OH is 1. The quantitative estimate of drug-likeness (QED) is 0.834. The predicted octanol–water partition coefficient (Wildman–Crippen LogP) is 1.53. The van der Waals surface area contributed by atoms with Crippen molar-refractivity contribution in [2.24, 2.45) is 0 Å². The maximum Gasteiger partial charge on any atom is 0.281 e. The minimum atomic E-state index is -2.78. The van der Waals surface area contributed by atoms with Crippen LogP contribution in [-0.2, 0) is 6.61 Å². The Balaban J connectivity index is 3.32. The van der Waals surface area contributed by atoms with E-state index in [-0.39, 0.29) is 17.2 Å². The second-order valence-electron chi connectivity index (χ2n) is 2.69. The Hall–Kier alpha value is -1.43. The molecule has 0 aliphatic heterocycles. The summed E-state index contributed by atoms with van der Waals surface area (Å²) in [6, 6.07) is 1.34. The first-order valence-electron chi connectivity index (χ1n) is 4.14. The van der Waals surface area contributed by atoms with Crippen LogP contribution in [0.5, 0.6) is 11.6 Å². The van der Waals surface area contributed by atoms with Crippen molar-refractivity contribution in [2.45, 2.75) is 13.0 Å². The minimum absolute atomic E-state index is 0.0201. The van der Waals surface area contributed by atoms with Gasteiger partial charge in [0.15, 0.2) is 0 Å². The molecule has 0 aliphatic carbocycles. The van der Waals surface area contributed by atoms with E-state index in [2.05, 4.69) is 4.98 Å². The van der Waals surface area contributed by atoms with Gasteiger partial charge in [-0.2, -0.15) is 0 Å². The van der Waals surface area contributed by atoms with E-state index >= 15 is 0 Å². The molecule has 6 heteroatoms. The zero-order valence-electron chi connectivity index (χ0n) is 8.33. The fourth-order valence-corrected chi connectivity index (χ4v) is 1.17. The molecule has 0 spiro atoms. The SMILES string of the molecule is COc1cc(OC)c(CO)c(C(F)F)n1. The predicted molar refractivity (Wildman–Crippen MR) is 48.2 cm³/mol. The van der Waals surface area contributed by atoms with Gasteiger partial charge in [0.2, 0.25) is 5.88 Å². The smallest absolute Gasteiger partial charge is 0.281 e. The van der Waals surface area contributed by atoms with Crippen molar-refractivity contribution < 1.29 is 23.4 Å². The first kappa shape index (κ1) is 11.6.